The number of morpholine rings is 1. The van der Waals surface area contributed by atoms with Crippen LogP contribution in [0.5, 0.6) is 0 Å². The highest BCUT2D eigenvalue weighted by Gasteiger charge is 2.20. The highest BCUT2D eigenvalue weighted by molar-refractivity contribution is 5.90. The van der Waals surface area contributed by atoms with Crippen molar-refractivity contribution in [3.05, 3.63) is 48.8 Å². The number of aromatic nitrogens is 5. The van der Waals surface area contributed by atoms with Gasteiger partial charge < -0.3 is 20.3 Å². The summed E-state index contributed by atoms with van der Waals surface area (Å²) in [6.45, 7) is 2.91. The number of ether oxygens (including phenoxy) is 1. The molecule has 0 spiro atoms. The Balaban J connectivity index is 1.58. The lowest BCUT2D eigenvalue weighted by atomic mass is 10.1. The minimum atomic E-state index is -0.108. The predicted octanol–water partition coefficient (Wildman–Crippen LogP) is 2.09. The molecule has 4 heterocycles. The minimum Gasteiger partial charge on any atom is -0.378 e. The molecule has 4 aromatic rings. The molecule has 1 amide bonds. The third kappa shape index (κ3) is 4.53. The van der Waals surface area contributed by atoms with Crippen LogP contribution in [0.15, 0.2) is 48.8 Å². The van der Waals surface area contributed by atoms with E-state index >= 15 is 0 Å². The molecule has 34 heavy (non-hydrogen) atoms. The molecule has 0 radical (unpaired) electrons. The third-order valence-electron chi connectivity index (χ3n) is 5.69. The maximum absolute atomic E-state index is 11.7. The molecule has 2 N–H and O–H groups in total. The lowest BCUT2D eigenvalue weighted by Gasteiger charge is -2.28. The van der Waals surface area contributed by atoms with E-state index in [1.54, 1.807) is 17.9 Å². The quantitative estimate of drug-likeness (QED) is 0.452. The van der Waals surface area contributed by atoms with Crippen molar-refractivity contribution in [2.24, 2.45) is 7.05 Å². The van der Waals surface area contributed by atoms with Gasteiger partial charge in [0, 0.05) is 44.5 Å². The van der Waals surface area contributed by atoms with Crippen LogP contribution in [0.4, 0.5) is 11.5 Å². The Morgan fingerprint density at radius 1 is 1.12 bits per heavy atom. The second kappa shape index (κ2) is 9.44. The van der Waals surface area contributed by atoms with Gasteiger partial charge in [0.1, 0.15) is 5.52 Å². The van der Waals surface area contributed by atoms with Crippen molar-refractivity contribution in [2.75, 3.05) is 50.1 Å². The van der Waals surface area contributed by atoms with Crippen LogP contribution >= 0.6 is 0 Å². The van der Waals surface area contributed by atoms with Crippen LogP contribution in [0.1, 0.15) is 0 Å². The second-order valence-corrected chi connectivity index (χ2v) is 8.04. The Bertz CT molecular complexity index is 1330. The molecule has 0 aliphatic carbocycles. The Morgan fingerprint density at radius 3 is 2.71 bits per heavy atom. The van der Waals surface area contributed by atoms with Gasteiger partial charge >= 0.3 is 0 Å². The number of carbonyl (C=O) groups excluding carboxylic acids is 1. The number of pyridine rings is 1. The number of amides is 1. The van der Waals surface area contributed by atoms with Gasteiger partial charge in [0.05, 0.1) is 42.9 Å². The molecule has 0 bridgehead atoms. The molecular weight excluding hydrogens is 432 g/mol. The summed E-state index contributed by atoms with van der Waals surface area (Å²) >= 11 is 0. The maximum atomic E-state index is 11.7. The van der Waals surface area contributed by atoms with Crippen molar-refractivity contribution in [2.45, 2.75) is 0 Å². The van der Waals surface area contributed by atoms with Crippen LogP contribution in [-0.2, 0) is 16.6 Å². The van der Waals surface area contributed by atoms with Gasteiger partial charge in [-0.3, -0.25) is 9.48 Å². The number of hydrogen-bond acceptors (Lipinski definition) is 8. The van der Waals surface area contributed by atoms with E-state index in [1.165, 1.54) is 0 Å². The molecule has 10 nitrogen and oxygen atoms in total. The van der Waals surface area contributed by atoms with Crippen molar-refractivity contribution in [3.8, 4) is 22.6 Å². The Kier molecular flexibility index (Phi) is 6.05. The summed E-state index contributed by atoms with van der Waals surface area (Å²) in [6.07, 6.45) is 3.63. The van der Waals surface area contributed by atoms with Gasteiger partial charge in [-0.2, -0.15) is 5.10 Å². The van der Waals surface area contributed by atoms with E-state index in [0.717, 1.165) is 46.9 Å². The van der Waals surface area contributed by atoms with Crippen LogP contribution in [-0.4, -0.2) is 70.5 Å². The van der Waals surface area contributed by atoms with Crippen LogP contribution in [0.2, 0.25) is 0 Å². The highest BCUT2D eigenvalue weighted by Crippen LogP contribution is 2.30. The van der Waals surface area contributed by atoms with E-state index in [1.807, 2.05) is 49.6 Å². The molecule has 3 aromatic heterocycles. The zero-order valence-corrected chi connectivity index (χ0v) is 19.2. The first-order chi connectivity index (χ1) is 16.6. The van der Waals surface area contributed by atoms with E-state index in [2.05, 4.69) is 25.6 Å². The first-order valence-electron chi connectivity index (χ1n) is 11.2. The fourth-order valence-corrected chi connectivity index (χ4v) is 3.88. The number of fused-ring (bicyclic) bond motifs is 1. The molecule has 174 valence electrons. The fourth-order valence-electron chi connectivity index (χ4n) is 3.88. The maximum Gasteiger partial charge on any atom is 0.239 e. The molecule has 1 aliphatic heterocycles. The van der Waals surface area contributed by atoms with Crippen LogP contribution in [0.25, 0.3) is 33.7 Å². The van der Waals surface area contributed by atoms with Gasteiger partial charge in [-0.25, -0.2) is 15.0 Å². The van der Waals surface area contributed by atoms with Crippen LogP contribution in [0.3, 0.4) is 0 Å². The Labute approximate surface area is 197 Å². The molecule has 1 aromatic carbocycles. The first-order valence-corrected chi connectivity index (χ1v) is 11.2. The Hall–Kier alpha value is -4.05. The summed E-state index contributed by atoms with van der Waals surface area (Å²) in [6, 6.07) is 11.9. The van der Waals surface area contributed by atoms with Crippen molar-refractivity contribution in [3.63, 3.8) is 0 Å². The highest BCUT2D eigenvalue weighted by atomic mass is 16.5. The average molecular weight is 459 g/mol. The monoisotopic (exact) mass is 458 g/mol. The Morgan fingerprint density at radius 2 is 1.94 bits per heavy atom. The van der Waals surface area contributed by atoms with E-state index < -0.39 is 0 Å². The summed E-state index contributed by atoms with van der Waals surface area (Å²) in [7, 11) is 3.51. The molecule has 0 atom stereocenters. The van der Waals surface area contributed by atoms with Gasteiger partial charge in [-0.15, -0.1) is 0 Å². The number of rotatable bonds is 6. The van der Waals surface area contributed by atoms with Crippen molar-refractivity contribution >= 4 is 28.4 Å². The molecule has 0 saturated carbocycles. The number of hydrogen-bond donors (Lipinski definition) is 2. The van der Waals surface area contributed by atoms with Crippen LogP contribution < -0.4 is 15.5 Å². The summed E-state index contributed by atoms with van der Waals surface area (Å²) < 4.78 is 7.32. The summed E-state index contributed by atoms with van der Waals surface area (Å²) in [5.41, 5.74) is 4.92. The van der Waals surface area contributed by atoms with E-state index in [0.29, 0.717) is 24.6 Å². The second-order valence-electron chi connectivity index (χ2n) is 8.04. The SMILES string of the molecule is CNC(=O)CNc1cnc2c(N3CCOCC3)nc(-c3cccc(-c4ccn(C)n4)c3)nc2c1. The number of benzene rings is 1. The van der Waals surface area contributed by atoms with Gasteiger partial charge in [0.15, 0.2) is 11.6 Å². The van der Waals surface area contributed by atoms with E-state index in [-0.39, 0.29) is 12.5 Å². The smallest absolute Gasteiger partial charge is 0.239 e. The molecular formula is C24H26N8O2. The topological polar surface area (TPSA) is 110 Å². The van der Waals surface area contributed by atoms with Gasteiger partial charge in [0.25, 0.3) is 0 Å². The number of carbonyl (C=O) groups is 1. The van der Waals surface area contributed by atoms with Gasteiger partial charge in [-0.05, 0) is 18.2 Å². The molecule has 5 rings (SSSR count). The number of aryl methyl sites for hydroxylation is 1. The molecule has 10 heteroatoms. The van der Waals surface area contributed by atoms with E-state index in [4.69, 9.17) is 14.7 Å². The summed E-state index contributed by atoms with van der Waals surface area (Å²) in [5, 5.41) is 10.2. The van der Waals surface area contributed by atoms with Gasteiger partial charge in [0.2, 0.25) is 5.91 Å². The van der Waals surface area contributed by atoms with Crippen LogP contribution in [0, 0.1) is 0 Å². The zero-order chi connectivity index (χ0) is 23.5. The fraction of sp³-hybridized carbons (Fsp3) is 0.292. The van der Waals surface area contributed by atoms with Crippen molar-refractivity contribution < 1.29 is 9.53 Å². The molecule has 1 saturated heterocycles. The molecule has 1 fully saturated rings. The van der Waals surface area contributed by atoms with Crippen molar-refractivity contribution in [1.82, 2.24) is 30.0 Å². The lowest BCUT2D eigenvalue weighted by molar-refractivity contribution is -0.118. The predicted molar refractivity (Wildman–Crippen MR) is 131 cm³/mol. The normalized spacial score (nSPS) is 13.8. The third-order valence-corrected chi connectivity index (χ3v) is 5.69. The van der Waals surface area contributed by atoms with Gasteiger partial charge in [-0.1, -0.05) is 18.2 Å². The standard InChI is InChI=1S/C24H26N8O2/c1-25-21(33)15-26-18-13-20-22(27-14-18)24(32-8-10-34-11-9-32)29-23(28-20)17-5-3-4-16(12-17)19-6-7-31(2)30-19/h3-7,12-14,26H,8-11,15H2,1-2H3,(H,25,33). The summed E-state index contributed by atoms with van der Waals surface area (Å²) in [4.78, 5) is 28.3. The van der Waals surface area contributed by atoms with E-state index in [9.17, 15) is 4.79 Å². The number of anilines is 2. The number of nitrogens with one attached hydrogen (secondary N) is 2. The minimum absolute atomic E-state index is 0.108. The largest absolute Gasteiger partial charge is 0.378 e. The average Bonchev–Trinajstić information content (AvgIpc) is 3.33. The molecule has 1 aliphatic rings. The lowest BCUT2D eigenvalue weighted by Crippen LogP contribution is -2.37. The number of nitrogens with zero attached hydrogens (tertiary/aromatic N) is 6. The first kappa shape index (κ1) is 21.8. The summed E-state index contributed by atoms with van der Waals surface area (Å²) in [5.74, 6) is 1.28. The zero-order valence-electron chi connectivity index (χ0n) is 19.2. The van der Waals surface area contributed by atoms with Crippen molar-refractivity contribution in [1.29, 1.82) is 0 Å². The number of likely N-dealkylation sites (N-methyl/N-ethyl adjacent to an activating group) is 1. The molecule has 0 unspecified atom stereocenters.